The van der Waals surface area contributed by atoms with E-state index in [4.69, 9.17) is 4.42 Å². The number of hydrogen-bond donors (Lipinski definition) is 1. The van der Waals surface area contributed by atoms with E-state index >= 15 is 0 Å². The number of hydrogen-bond acceptors (Lipinski definition) is 5. The Bertz CT molecular complexity index is 948. The molecule has 0 fully saturated rings. The third kappa shape index (κ3) is 4.21. The van der Waals surface area contributed by atoms with Crippen molar-refractivity contribution in [3.05, 3.63) is 88.2 Å². The number of rotatable bonds is 6. The van der Waals surface area contributed by atoms with Crippen LogP contribution in [0.25, 0.3) is 11.3 Å². The number of furan rings is 1. The third-order valence-corrected chi connectivity index (χ3v) is 3.61. The fourth-order valence-electron chi connectivity index (χ4n) is 2.40. The summed E-state index contributed by atoms with van der Waals surface area (Å²) < 4.78 is 5.63. The molecule has 0 spiro atoms. The van der Waals surface area contributed by atoms with E-state index in [9.17, 15) is 14.9 Å². The van der Waals surface area contributed by atoms with Gasteiger partial charge in [-0.05, 0) is 12.1 Å². The lowest BCUT2D eigenvalue weighted by molar-refractivity contribution is -0.385. The topological polar surface area (TPSA) is 97.7 Å². The van der Waals surface area contributed by atoms with Crippen molar-refractivity contribution >= 4 is 17.8 Å². The van der Waals surface area contributed by atoms with E-state index in [2.05, 4.69) is 10.5 Å². The van der Waals surface area contributed by atoms with Gasteiger partial charge in [0, 0.05) is 17.2 Å². The molecule has 2 aromatic carbocycles. The van der Waals surface area contributed by atoms with Gasteiger partial charge in [-0.25, -0.2) is 5.43 Å². The Morgan fingerprint density at radius 2 is 1.81 bits per heavy atom. The van der Waals surface area contributed by atoms with Crippen molar-refractivity contribution in [2.75, 3.05) is 0 Å². The summed E-state index contributed by atoms with van der Waals surface area (Å²) in [5.74, 6) is 0.721. The summed E-state index contributed by atoms with van der Waals surface area (Å²) in [6.07, 6.45) is 1.24. The first-order valence-corrected chi connectivity index (χ1v) is 7.83. The largest absolute Gasteiger partial charge is 0.455 e. The molecule has 0 aliphatic heterocycles. The molecule has 0 saturated heterocycles. The number of carbonyl (C=O) groups excluding carboxylic acids is 1. The predicted molar refractivity (Wildman–Crippen MR) is 96.7 cm³/mol. The van der Waals surface area contributed by atoms with Crippen LogP contribution >= 0.6 is 0 Å². The zero-order chi connectivity index (χ0) is 18.4. The minimum absolute atomic E-state index is 0.0924. The van der Waals surface area contributed by atoms with Crippen molar-refractivity contribution < 1.29 is 14.1 Å². The molecule has 1 N–H and O–H groups in total. The molecule has 7 heteroatoms. The molecule has 0 radical (unpaired) electrons. The van der Waals surface area contributed by atoms with Crippen LogP contribution in [0.2, 0.25) is 0 Å². The first-order chi connectivity index (χ1) is 12.6. The predicted octanol–water partition coefficient (Wildman–Crippen LogP) is 3.55. The van der Waals surface area contributed by atoms with Gasteiger partial charge >= 0.3 is 0 Å². The molecule has 26 heavy (non-hydrogen) atoms. The minimum atomic E-state index is -0.514. The number of nitrogens with zero attached hydrogens (tertiary/aromatic N) is 2. The van der Waals surface area contributed by atoms with E-state index in [-0.39, 0.29) is 12.1 Å². The number of para-hydroxylation sites is 1. The number of nitrogens with one attached hydrogen (secondary N) is 1. The van der Waals surface area contributed by atoms with E-state index in [1.165, 1.54) is 12.3 Å². The Morgan fingerprint density at radius 3 is 2.58 bits per heavy atom. The van der Waals surface area contributed by atoms with Crippen LogP contribution < -0.4 is 5.43 Å². The fraction of sp³-hybridized carbons (Fsp3) is 0.0526. The summed E-state index contributed by atoms with van der Waals surface area (Å²) in [5.41, 5.74) is 3.52. The lowest BCUT2D eigenvalue weighted by Crippen LogP contribution is -2.20. The number of benzene rings is 2. The SMILES string of the molecule is O=C(Cc1ccccc1[N+](=O)[O-])NN=Cc1ccc(-c2ccccc2)o1. The fourth-order valence-corrected chi connectivity index (χ4v) is 2.40. The summed E-state index contributed by atoms with van der Waals surface area (Å²) in [4.78, 5) is 22.4. The summed E-state index contributed by atoms with van der Waals surface area (Å²) in [5, 5.41) is 14.8. The molecule has 0 saturated carbocycles. The molecular formula is C19H15N3O4. The van der Waals surface area contributed by atoms with Crippen LogP contribution in [-0.4, -0.2) is 17.0 Å². The van der Waals surface area contributed by atoms with Gasteiger partial charge in [0.1, 0.15) is 11.5 Å². The van der Waals surface area contributed by atoms with Crippen molar-refractivity contribution in [3.63, 3.8) is 0 Å². The van der Waals surface area contributed by atoms with Crippen LogP contribution in [0.3, 0.4) is 0 Å². The van der Waals surface area contributed by atoms with Gasteiger partial charge in [-0.3, -0.25) is 14.9 Å². The minimum Gasteiger partial charge on any atom is -0.455 e. The maximum Gasteiger partial charge on any atom is 0.273 e. The highest BCUT2D eigenvalue weighted by atomic mass is 16.6. The molecule has 0 aliphatic carbocycles. The summed E-state index contributed by atoms with van der Waals surface area (Å²) in [6.45, 7) is 0. The molecule has 3 aromatic rings. The molecule has 0 atom stereocenters. The van der Waals surface area contributed by atoms with Crippen LogP contribution in [0, 0.1) is 10.1 Å². The molecule has 0 aliphatic rings. The van der Waals surface area contributed by atoms with Gasteiger partial charge in [0.15, 0.2) is 0 Å². The summed E-state index contributed by atoms with van der Waals surface area (Å²) >= 11 is 0. The molecular weight excluding hydrogens is 334 g/mol. The van der Waals surface area contributed by atoms with Crippen molar-refractivity contribution in [3.8, 4) is 11.3 Å². The average molecular weight is 349 g/mol. The maximum absolute atomic E-state index is 11.9. The van der Waals surface area contributed by atoms with Crippen LogP contribution in [-0.2, 0) is 11.2 Å². The van der Waals surface area contributed by atoms with Crippen molar-refractivity contribution in [2.45, 2.75) is 6.42 Å². The second kappa shape index (κ2) is 7.89. The van der Waals surface area contributed by atoms with Gasteiger partial charge in [0.25, 0.3) is 5.69 Å². The number of nitro groups is 1. The van der Waals surface area contributed by atoms with E-state index < -0.39 is 10.8 Å². The van der Waals surface area contributed by atoms with E-state index in [0.29, 0.717) is 17.1 Å². The second-order valence-corrected chi connectivity index (χ2v) is 5.42. The standard InChI is InChI=1S/C19H15N3O4/c23-19(12-15-8-4-5-9-17(15)22(24)25)21-20-13-16-10-11-18(26-16)14-6-2-1-3-7-14/h1-11,13H,12H2,(H,21,23). The van der Waals surface area contributed by atoms with E-state index in [1.54, 1.807) is 24.3 Å². The normalized spacial score (nSPS) is 10.8. The zero-order valence-corrected chi connectivity index (χ0v) is 13.7. The Balaban J connectivity index is 1.60. The average Bonchev–Trinajstić information content (AvgIpc) is 3.11. The highest BCUT2D eigenvalue weighted by Crippen LogP contribution is 2.21. The first kappa shape index (κ1) is 17.1. The molecule has 1 aromatic heterocycles. The van der Waals surface area contributed by atoms with Crippen LogP contribution in [0.15, 0.2) is 76.2 Å². The number of nitro benzene ring substituents is 1. The first-order valence-electron chi connectivity index (χ1n) is 7.83. The lowest BCUT2D eigenvalue weighted by Gasteiger charge is -2.01. The van der Waals surface area contributed by atoms with Gasteiger partial charge in [0.05, 0.1) is 17.6 Å². The Kier molecular flexibility index (Phi) is 5.19. The molecule has 0 bridgehead atoms. The van der Waals surface area contributed by atoms with Crippen LogP contribution in [0.1, 0.15) is 11.3 Å². The number of carbonyl (C=O) groups is 1. The third-order valence-electron chi connectivity index (χ3n) is 3.61. The number of amides is 1. The van der Waals surface area contributed by atoms with Crippen LogP contribution in [0.5, 0.6) is 0 Å². The van der Waals surface area contributed by atoms with E-state index in [1.807, 2.05) is 36.4 Å². The summed E-state index contributed by atoms with van der Waals surface area (Å²) in [6, 6.07) is 19.2. The van der Waals surface area contributed by atoms with E-state index in [0.717, 1.165) is 5.56 Å². The van der Waals surface area contributed by atoms with Crippen molar-refractivity contribution in [1.82, 2.24) is 5.43 Å². The van der Waals surface area contributed by atoms with Crippen molar-refractivity contribution in [1.29, 1.82) is 0 Å². The molecule has 130 valence electrons. The second-order valence-electron chi connectivity index (χ2n) is 5.42. The molecule has 1 amide bonds. The highest BCUT2D eigenvalue weighted by molar-refractivity contribution is 5.82. The quantitative estimate of drug-likeness (QED) is 0.418. The Hall–Kier alpha value is -3.74. The van der Waals surface area contributed by atoms with Gasteiger partial charge in [-0.1, -0.05) is 48.5 Å². The van der Waals surface area contributed by atoms with Crippen LogP contribution in [0.4, 0.5) is 5.69 Å². The van der Waals surface area contributed by atoms with Crippen molar-refractivity contribution in [2.24, 2.45) is 5.10 Å². The lowest BCUT2D eigenvalue weighted by atomic mass is 10.1. The van der Waals surface area contributed by atoms with Gasteiger partial charge in [-0.2, -0.15) is 5.10 Å². The molecule has 1 heterocycles. The monoisotopic (exact) mass is 349 g/mol. The summed E-state index contributed by atoms with van der Waals surface area (Å²) in [7, 11) is 0. The highest BCUT2D eigenvalue weighted by Gasteiger charge is 2.15. The Labute approximate surface area is 149 Å². The molecule has 7 nitrogen and oxygen atoms in total. The van der Waals surface area contributed by atoms with Gasteiger partial charge < -0.3 is 4.42 Å². The van der Waals surface area contributed by atoms with Gasteiger partial charge in [0.2, 0.25) is 5.91 Å². The maximum atomic E-state index is 11.9. The zero-order valence-electron chi connectivity index (χ0n) is 13.7. The number of hydrazone groups is 1. The molecule has 3 rings (SSSR count). The smallest absolute Gasteiger partial charge is 0.273 e. The molecule has 0 unspecified atom stereocenters. The Morgan fingerprint density at radius 1 is 1.08 bits per heavy atom. The van der Waals surface area contributed by atoms with Gasteiger partial charge in [-0.15, -0.1) is 0 Å².